The van der Waals surface area contributed by atoms with E-state index in [0.717, 1.165) is 24.9 Å². The first-order valence-electron chi connectivity index (χ1n) is 11.2. The highest BCUT2D eigenvalue weighted by Crippen LogP contribution is 2.43. The lowest BCUT2D eigenvalue weighted by atomic mass is 10.0. The van der Waals surface area contributed by atoms with E-state index in [-0.39, 0.29) is 12.5 Å². The Morgan fingerprint density at radius 3 is 2.68 bits per heavy atom. The van der Waals surface area contributed by atoms with Gasteiger partial charge < -0.3 is 15.2 Å². The Labute approximate surface area is 197 Å². The summed E-state index contributed by atoms with van der Waals surface area (Å²) in [7, 11) is 0. The first kappa shape index (κ1) is 23.4. The number of fused-ring (bicyclic) bond motifs is 3. The van der Waals surface area contributed by atoms with Crippen LogP contribution < -0.4 is 21.3 Å². The molecule has 0 saturated heterocycles. The Hall–Kier alpha value is -3.73. The molecule has 0 saturated carbocycles. The monoisotopic (exact) mass is 464 g/mol. The van der Waals surface area contributed by atoms with Crippen molar-refractivity contribution in [1.82, 2.24) is 20.5 Å². The lowest BCUT2D eigenvalue weighted by molar-refractivity contribution is 0.0906. The molecule has 0 radical (unpaired) electrons. The summed E-state index contributed by atoms with van der Waals surface area (Å²) in [6, 6.07) is 12.0. The fourth-order valence-corrected chi connectivity index (χ4v) is 3.99. The largest absolute Gasteiger partial charge is 0.492 e. The van der Waals surface area contributed by atoms with Crippen molar-refractivity contribution < 1.29 is 19.4 Å². The smallest absolute Gasteiger partial charge is 0.333 e. The highest BCUT2D eigenvalue weighted by Gasteiger charge is 2.35. The molecule has 0 atom stereocenters. The van der Waals surface area contributed by atoms with E-state index in [1.165, 1.54) is 0 Å². The number of ether oxygens (including phenoxy) is 1. The summed E-state index contributed by atoms with van der Waals surface area (Å²) in [5.41, 5.74) is 5.79. The van der Waals surface area contributed by atoms with Crippen molar-refractivity contribution in [1.29, 1.82) is 0 Å². The second kappa shape index (κ2) is 10.5. The Morgan fingerprint density at radius 2 is 1.97 bits per heavy atom. The average Bonchev–Trinajstić information content (AvgIpc) is 3.42. The van der Waals surface area contributed by atoms with Crippen molar-refractivity contribution >= 4 is 17.5 Å². The van der Waals surface area contributed by atoms with Crippen LogP contribution in [0.3, 0.4) is 0 Å². The third-order valence-electron chi connectivity index (χ3n) is 5.77. The predicted molar refractivity (Wildman–Crippen MR) is 128 cm³/mol. The van der Waals surface area contributed by atoms with Crippen molar-refractivity contribution in [2.75, 3.05) is 31.7 Å². The van der Waals surface area contributed by atoms with Gasteiger partial charge in [-0.3, -0.25) is 20.2 Å². The Morgan fingerprint density at radius 1 is 1.18 bits per heavy atom. The topological polar surface area (TPSA) is 146 Å². The van der Waals surface area contributed by atoms with Crippen LogP contribution in [0.1, 0.15) is 35.7 Å². The summed E-state index contributed by atoms with van der Waals surface area (Å²) < 4.78 is 5.82. The maximum absolute atomic E-state index is 13.3. The van der Waals surface area contributed by atoms with Crippen LogP contribution in [0.4, 0.5) is 10.5 Å². The van der Waals surface area contributed by atoms with E-state index in [1.54, 1.807) is 18.2 Å². The molecular formula is C24H28N6O4. The number of hydrazine groups is 1. The van der Waals surface area contributed by atoms with Gasteiger partial charge >= 0.3 is 6.03 Å². The number of ketones is 1. The summed E-state index contributed by atoms with van der Waals surface area (Å²) in [5.74, 6) is 5.63. The molecule has 1 heterocycles. The molecule has 0 aliphatic heterocycles. The molecular weight excluding hydrogens is 436 g/mol. The first-order valence-corrected chi connectivity index (χ1v) is 11.2. The van der Waals surface area contributed by atoms with Crippen molar-refractivity contribution in [3.8, 4) is 28.3 Å². The van der Waals surface area contributed by atoms with Gasteiger partial charge in [-0.05, 0) is 36.8 Å². The van der Waals surface area contributed by atoms with Gasteiger partial charge in [0.25, 0.3) is 0 Å². The lowest BCUT2D eigenvalue weighted by Gasteiger charge is -2.19. The summed E-state index contributed by atoms with van der Waals surface area (Å²) >= 11 is 0. The number of carbonyl (C=O) groups excluding carboxylic acids is 2. The number of benzene rings is 2. The van der Waals surface area contributed by atoms with E-state index in [0.29, 0.717) is 52.7 Å². The number of aliphatic hydroxyl groups is 1. The minimum absolute atomic E-state index is 0.0117. The maximum atomic E-state index is 13.3. The molecule has 2 amide bonds. The van der Waals surface area contributed by atoms with Crippen molar-refractivity contribution in [2.24, 2.45) is 5.84 Å². The number of nitrogens with two attached hydrogens (primary N) is 1. The number of rotatable bonds is 10. The van der Waals surface area contributed by atoms with Crippen LogP contribution in [-0.2, 0) is 0 Å². The molecule has 10 nitrogen and oxygen atoms in total. The number of unbranched alkanes of at least 4 members (excludes halogenated alkanes) is 1. The van der Waals surface area contributed by atoms with Gasteiger partial charge in [0.2, 0.25) is 0 Å². The molecule has 2 aromatic carbocycles. The third kappa shape index (κ3) is 4.65. The standard InChI is InChI=1S/C24H28N6O4/c1-2-3-11-30(14-31)12-13-34-16-9-7-15(8-10-16)21-20-22(29-28-21)17-5-4-6-18(19(17)23(20)32)26-24(33)27-25/h4-10,31H,2-3,11-14,25H2,1H3,(H,28,29)(H2,26,27,33). The van der Waals surface area contributed by atoms with E-state index in [1.807, 2.05) is 34.6 Å². The molecule has 4 rings (SSSR count). The van der Waals surface area contributed by atoms with Crippen LogP contribution in [-0.4, -0.2) is 58.4 Å². The van der Waals surface area contributed by atoms with Crippen LogP contribution in [0, 0.1) is 0 Å². The normalized spacial score (nSPS) is 11.9. The van der Waals surface area contributed by atoms with E-state index in [4.69, 9.17) is 10.6 Å². The predicted octanol–water partition coefficient (Wildman–Crippen LogP) is 2.71. The molecule has 1 aliphatic carbocycles. The number of nitrogens with zero attached hydrogens (tertiary/aromatic N) is 2. The van der Waals surface area contributed by atoms with E-state index < -0.39 is 6.03 Å². The van der Waals surface area contributed by atoms with Crippen molar-refractivity contribution in [3.05, 3.63) is 53.6 Å². The zero-order valence-electron chi connectivity index (χ0n) is 18.9. The molecule has 10 heteroatoms. The molecule has 1 aromatic heterocycles. The van der Waals surface area contributed by atoms with E-state index in [9.17, 15) is 14.7 Å². The SMILES string of the molecule is CCCCN(CO)CCOc1ccc(-c2[nH]nc3c2C(=O)c2c(NC(=O)NN)cccc2-3)cc1. The highest BCUT2D eigenvalue weighted by atomic mass is 16.5. The number of H-pyrrole nitrogens is 1. The van der Waals surface area contributed by atoms with Gasteiger partial charge in [-0.2, -0.15) is 5.10 Å². The number of nitrogens with one attached hydrogen (secondary N) is 3. The van der Waals surface area contributed by atoms with E-state index in [2.05, 4.69) is 22.4 Å². The van der Waals surface area contributed by atoms with Gasteiger partial charge in [0.15, 0.2) is 5.78 Å². The number of hydrogen-bond acceptors (Lipinski definition) is 7. The van der Waals surface area contributed by atoms with Gasteiger partial charge in [0.05, 0.1) is 29.2 Å². The fraction of sp³-hybridized carbons (Fsp3) is 0.292. The molecule has 3 aromatic rings. The molecule has 0 fully saturated rings. The second-order valence-corrected chi connectivity index (χ2v) is 7.96. The van der Waals surface area contributed by atoms with Gasteiger partial charge in [-0.1, -0.05) is 25.5 Å². The molecule has 0 unspecified atom stereocenters. The Balaban J connectivity index is 1.49. The molecule has 6 N–H and O–H groups in total. The fourth-order valence-electron chi connectivity index (χ4n) is 3.99. The molecule has 178 valence electrons. The van der Waals surface area contributed by atoms with Crippen LogP contribution in [0.5, 0.6) is 5.75 Å². The average molecular weight is 465 g/mol. The zero-order chi connectivity index (χ0) is 24.1. The minimum atomic E-state index is -0.615. The van der Waals surface area contributed by atoms with Crippen molar-refractivity contribution in [3.63, 3.8) is 0 Å². The van der Waals surface area contributed by atoms with Crippen molar-refractivity contribution in [2.45, 2.75) is 19.8 Å². The first-order chi connectivity index (χ1) is 16.6. The number of amides is 2. The second-order valence-electron chi connectivity index (χ2n) is 7.96. The quantitative estimate of drug-likeness (QED) is 0.105. The minimum Gasteiger partial charge on any atom is -0.492 e. The summed E-state index contributed by atoms with van der Waals surface area (Å²) in [6.45, 7) is 4.06. The van der Waals surface area contributed by atoms with Gasteiger partial charge in [-0.25, -0.2) is 10.6 Å². The lowest BCUT2D eigenvalue weighted by Crippen LogP contribution is -2.34. The zero-order valence-corrected chi connectivity index (χ0v) is 18.9. The number of anilines is 1. The number of hydrogen-bond donors (Lipinski definition) is 5. The third-order valence-corrected chi connectivity index (χ3v) is 5.77. The summed E-state index contributed by atoms with van der Waals surface area (Å²) in [6.07, 6.45) is 2.11. The van der Waals surface area contributed by atoms with Crippen LogP contribution >= 0.6 is 0 Å². The highest BCUT2D eigenvalue weighted by molar-refractivity contribution is 6.26. The van der Waals surface area contributed by atoms with Gasteiger partial charge in [-0.15, -0.1) is 0 Å². The Kier molecular flexibility index (Phi) is 7.21. The number of aliphatic hydroxyl groups excluding tert-OH is 1. The molecule has 0 spiro atoms. The van der Waals surface area contributed by atoms with Crippen LogP contribution in [0.2, 0.25) is 0 Å². The number of aromatic nitrogens is 2. The van der Waals surface area contributed by atoms with E-state index >= 15 is 0 Å². The molecule has 1 aliphatic rings. The van der Waals surface area contributed by atoms with Gasteiger partial charge in [0.1, 0.15) is 18.1 Å². The molecule has 0 bridgehead atoms. The van der Waals surface area contributed by atoms with Crippen LogP contribution in [0.25, 0.3) is 22.5 Å². The number of urea groups is 1. The number of carbonyl (C=O) groups is 2. The molecule has 34 heavy (non-hydrogen) atoms. The van der Waals surface area contributed by atoms with Gasteiger partial charge in [0, 0.05) is 24.2 Å². The summed E-state index contributed by atoms with van der Waals surface area (Å²) in [5, 5.41) is 19.4. The maximum Gasteiger partial charge on any atom is 0.333 e. The summed E-state index contributed by atoms with van der Waals surface area (Å²) in [4.78, 5) is 26.9. The number of aromatic amines is 1. The Bertz CT molecular complexity index is 1170. The van der Waals surface area contributed by atoms with Crippen LogP contribution in [0.15, 0.2) is 42.5 Å².